The van der Waals surface area contributed by atoms with Crippen LogP contribution in [-0.2, 0) is 27.9 Å². The number of allylic oxidation sites excluding steroid dienone is 16. The van der Waals surface area contributed by atoms with E-state index in [1.165, 1.54) is 51.4 Å². The predicted octanol–water partition coefficient (Wildman–Crippen LogP) is 14.6. The van der Waals surface area contributed by atoms with E-state index >= 15 is 0 Å². The second-order valence-corrected chi connectivity index (χ2v) is 18.2. The molecule has 9 heteroatoms. The first-order valence-electron chi connectivity index (χ1n) is 24.0. The van der Waals surface area contributed by atoms with Crippen LogP contribution < -0.4 is 0 Å². The van der Waals surface area contributed by atoms with Gasteiger partial charge in [0.25, 0.3) is 0 Å². The minimum Gasteiger partial charge on any atom is -0.457 e. The molecule has 0 aromatic rings. The molecule has 0 saturated carbocycles. The second-order valence-electron chi connectivity index (χ2n) is 16.7. The topological polar surface area (TPSA) is 91.3 Å². The number of nitrogens with zero attached hydrogens (tertiary/aromatic N) is 1. The Morgan fingerprint density at radius 1 is 0.508 bits per heavy atom. The second kappa shape index (κ2) is 44.0. The number of likely N-dealkylation sites (N-methyl/N-ethyl adjacent to an activating group) is 1. The Morgan fingerprint density at radius 2 is 0.902 bits per heavy atom. The summed E-state index contributed by atoms with van der Waals surface area (Å²) in [6.45, 7) is 5.29. The summed E-state index contributed by atoms with van der Waals surface area (Å²) >= 11 is 0. The van der Waals surface area contributed by atoms with Gasteiger partial charge in [0.05, 0.1) is 34.4 Å². The molecular weight excluding hydrogens is 782 g/mol. The molecule has 0 rings (SSSR count). The van der Waals surface area contributed by atoms with E-state index in [9.17, 15) is 14.3 Å². The smallest absolute Gasteiger partial charge is 0.457 e. The molecule has 0 aromatic carbocycles. The minimum absolute atomic E-state index is 0.0758. The highest BCUT2D eigenvalue weighted by Gasteiger charge is 2.26. The van der Waals surface area contributed by atoms with Crippen molar-refractivity contribution in [2.75, 3.05) is 54.1 Å². The average Bonchev–Trinajstić information content (AvgIpc) is 3.22. The van der Waals surface area contributed by atoms with E-state index in [0.717, 1.165) is 96.3 Å². The van der Waals surface area contributed by atoms with Gasteiger partial charge >= 0.3 is 13.8 Å². The van der Waals surface area contributed by atoms with E-state index in [-0.39, 0.29) is 25.8 Å². The van der Waals surface area contributed by atoms with Crippen LogP contribution in [0.25, 0.3) is 0 Å². The summed E-state index contributed by atoms with van der Waals surface area (Å²) in [4.78, 5) is 23.0. The van der Waals surface area contributed by atoms with Gasteiger partial charge in [0, 0.05) is 13.0 Å². The van der Waals surface area contributed by atoms with E-state index in [2.05, 4.69) is 111 Å². The summed E-state index contributed by atoms with van der Waals surface area (Å²) in [7, 11) is 1.63. The molecule has 0 bridgehead atoms. The molecule has 61 heavy (non-hydrogen) atoms. The number of quaternary nitrogens is 1. The van der Waals surface area contributed by atoms with E-state index in [1.807, 2.05) is 21.1 Å². The Kier molecular flexibility index (Phi) is 42.2. The fraction of sp³-hybridized carbons (Fsp3) is 0.673. The molecule has 0 radical (unpaired) electrons. The summed E-state index contributed by atoms with van der Waals surface area (Å²) in [6.07, 6.45) is 60.2. The lowest BCUT2D eigenvalue weighted by atomic mass is 10.0. The molecule has 1 N–H and O–H groups in total. The van der Waals surface area contributed by atoms with Gasteiger partial charge in [-0.15, -0.1) is 0 Å². The molecular formula is C52H91NO7P+. The molecule has 8 nitrogen and oxygen atoms in total. The van der Waals surface area contributed by atoms with Crippen molar-refractivity contribution in [3.8, 4) is 0 Å². The van der Waals surface area contributed by atoms with Crippen LogP contribution in [0.1, 0.15) is 168 Å². The highest BCUT2D eigenvalue weighted by atomic mass is 31.2. The lowest BCUT2D eigenvalue weighted by Gasteiger charge is -2.24. The van der Waals surface area contributed by atoms with Crippen molar-refractivity contribution in [3.05, 3.63) is 97.2 Å². The molecule has 0 fully saturated rings. The number of esters is 1. The molecule has 0 spiro atoms. The van der Waals surface area contributed by atoms with Gasteiger partial charge in [-0.25, -0.2) is 4.57 Å². The van der Waals surface area contributed by atoms with Gasteiger partial charge in [0.1, 0.15) is 19.3 Å². The lowest BCUT2D eigenvalue weighted by molar-refractivity contribution is -0.870. The van der Waals surface area contributed by atoms with Crippen LogP contribution >= 0.6 is 7.82 Å². The molecule has 2 atom stereocenters. The number of carbonyl (C=O) groups excluding carboxylic acids is 1. The number of rotatable bonds is 43. The fourth-order valence-electron chi connectivity index (χ4n) is 6.00. The number of ether oxygens (including phenoxy) is 2. The van der Waals surface area contributed by atoms with Gasteiger partial charge in [-0.1, -0.05) is 169 Å². The first-order chi connectivity index (χ1) is 29.6. The third-order valence-electron chi connectivity index (χ3n) is 9.64. The van der Waals surface area contributed by atoms with Crippen LogP contribution in [-0.4, -0.2) is 75.6 Å². The van der Waals surface area contributed by atoms with Crippen molar-refractivity contribution in [1.29, 1.82) is 0 Å². The predicted molar refractivity (Wildman–Crippen MR) is 261 cm³/mol. The average molecular weight is 873 g/mol. The van der Waals surface area contributed by atoms with Crippen LogP contribution in [0.5, 0.6) is 0 Å². The van der Waals surface area contributed by atoms with Crippen LogP contribution in [0, 0.1) is 0 Å². The Bertz CT molecular complexity index is 1290. The van der Waals surface area contributed by atoms with Crippen molar-refractivity contribution in [1.82, 2.24) is 0 Å². The zero-order valence-corrected chi connectivity index (χ0v) is 40.5. The van der Waals surface area contributed by atoms with E-state index in [4.69, 9.17) is 18.5 Å². The molecule has 0 aliphatic rings. The van der Waals surface area contributed by atoms with Crippen molar-refractivity contribution in [3.63, 3.8) is 0 Å². The largest absolute Gasteiger partial charge is 0.472 e. The van der Waals surface area contributed by atoms with Crippen molar-refractivity contribution in [2.45, 2.75) is 174 Å². The standard InChI is InChI=1S/C52H90NO7P/c1-6-8-10-12-14-16-18-20-22-24-25-26-27-28-29-30-31-33-35-37-39-41-43-45-52(54)60-51(50-59-61(55,56)58-48-46-53(3,4)5)49-57-47-44-42-40-38-36-34-32-23-21-19-17-15-13-11-9-7-2/h8-11,14-17,20-23,25-26,34,36,51H,6-7,12-13,18-19,24,27-33,35,37-50H2,1-5H3/p+1/b10-8-,11-9-,16-14-,17-15-,22-20-,23-21-,26-25-,36-34-. The quantitative estimate of drug-likeness (QED) is 0.0214. The van der Waals surface area contributed by atoms with E-state index in [0.29, 0.717) is 24.1 Å². The number of phosphoric ester groups is 1. The van der Waals surface area contributed by atoms with Crippen molar-refractivity contribution < 1.29 is 37.3 Å². The highest BCUT2D eigenvalue weighted by molar-refractivity contribution is 7.47. The Balaban J connectivity index is 4.23. The van der Waals surface area contributed by atoms with Gasteiger partial charge in [0.15, 0.2) is 0 Å². The molecule has 0 amide bonds. The minimum atomic E-state index is -4.29. The van der Waals surface area contributed by atoms with Crippen LogP contribution in [0.3, 0.4) is 0 Å². The van der Waals surface area contributed by atoms with Gasteiger partial charge in [-0.05, 0) is 89.9 Å². The van der Waals surface area contributed by atoms with Crippen LogP contribution in [0.2, 0.25) is 0 Å². The number of carbonyl (C=O) groups is 1. The summed E-state index contributed by atoms with van der Waals surface area (Å²) in [5, 5.41) is 0. The van der Waals surface area contributed by atoms with E-state index in [1.54, 1.807) is 0 Å². The summed E-state index contributed by atoms with van der Waals surface area (Å²) in [6, 6.07) is 0. The molecule has 0 aliphatic carbocycles. The monoisotopic (exact) mass is 873 g/mol. The van der Waals surface area contributed by atoms with E-state index < -0.39 is 13.9 Å². The third kappa shape index (κ3) is 48.3. The number of hydrogen-bond donors (Lipinski definition) is 1. The van der Waals surface area contributed by atoms with Gasteiger partial charge < -0.3 is 18.9 Å². The zero-order valence-electron chi connectivity index (χ0n) is 39.6. The Hall–Kier alpha value is -2.58. The first kappa shape index (κ1) is 58.4. The SMILES string of the molecule is CC/C=C\C/C=C\C/C=C\C/C=C\CCCCCCCCCCCCC(=O)OC(COCCCCC/C=C\C/C=C\C/C=C\C/C=C\CC)COP(=O)(O)OCC[N+](C)(C)C. The molecule has 0 aliphatic heterocycles. The van der Waals surface area contributed by atoms with Gasteiger partial charge in [-0.3, -0.25) is 13.8 Å². The summed E-state index contributed by atoms with van der Waals surface area (Å²) in [5.41, 5.74) is 0. The summed E-state index contributed by atoms with van der Waals surface area (Å²) in [5.74, 6) is -0.334. The van der Waals surface area contributed by atoms with Gasteiger partial charge in [0.2, 0.25) is 0 Å². The molecule has 2 unspecified atom stereocenters. The molecule has 350 valence electrons. The number of hydrogen-bond acceptors (Lipinski definition) is 6. The molecule has 0 saturated heterocycles. The normalized spacial score (nSPS) is 14.5. The number of unbranched alkanes of at least 4 members (excludes halogenated alkanes) is 13. The van der Waals surface area contributed by atoms with Crippen molar-refractivity contribution >= 4 is 13.8 Å². The Morgan fingerprint density at radius 3 is 1.34 bits per heavy atom. The fourth-order valence-corrected chi connectivity index (χ4v) is 6.75. The Labute approximate surface area is 375 Å². The molecule has 0 aromatic heterocycles. The maximum atomic E-state index is 12.7. The maximum absolute atomic E-state index is 12.7. The maximum Gasteiger partial charge on any atom is 0.472 e. The van der Waals surface area contributed by atoms with Crippen LogP contribution in [0.15, 0.2) is 97.2 Å². The number of phosphoric acid groups is 1. The highest BCUT2D eigenvalue weighted by Crippen LogP contribution is 2.43. The van der Waals surface area contributed by atoms with Crippen molar-refractivity contribution in [2.24, 2.45) is 0 Å². The van der Waals surface area contributed by atoms with Gasteiger partial charge in [-0.2, -0.15) is 0 Å². The molecule has 0 heterocycles. The third-order valence-corrected chi connectivity index (χ3v) is 10.6. The summed E-state index contributed by atoms with van der Waals surface area (Å²) < 4.78 is 35.0. The first-order valence-corrected chi connectivity index (χ1v) is 25.5. The zero-order chi connectivity index (χ0) is 44.8. The lowest BCUT2D eigenvalue weighted by Crippen LogP contribution is -2.37. The van der Waals surface area contributed by atoms with Crippen LogP contribution in [0.4, 0.5) is 0 Å².